The van der Waals surface area contributed by atoms with Crippen molar-refractivity contribution in [2.45, 2.75) is 30.6 Å². The Morgan fingerprint density at radius 2 is 1.85 bits per heavy atom. The van der Waals surface area contributed by atoms with Gasteiger partial charge in [-0.05, 0) is 7.05 Å². The van der Waals surface area contributed by atoms with Crippen LogP contribution in [0, 0.1) is 0 Å². The van der Waals surface area contributed by atoms with Crippen molar-refractivity contribution in [1.29, 1.82) is 0 Å². The van der Waals surface area contributed by atoms with E-state index in [1.54, 1.807) is 0 Å². The Hall–Kier alpha value is -0.240. The molecule has 0 spiro atoms. The highest BCUT2D eigenvalue weighted by Gasteiger charge is 2.42. The van der Waals surface area contributed by atoms with Gasteiger partial charge in [0.1, 0.15) is 18.3 Å². The number of hydrogen-bond donors (Lipinski definition) is 5. The molecule has 1 heterocycles. The van der Waals surface area contributed by atoms with Crippen molar-refractivity contribution in [2.75, 3.05) is 13.7 Å². The maximum atomic E-state index is 9.45. The third-order valence-electron chi connectivity index (χ3n) is 2.23. The second-order valence-corrected chi connectivity index (χ2v) is 3.04. The number of ether oxygens (including phenoxy) is 1. The van der Waals surface area contributed by atoms with Crippen molar-refractivity contribution < 1.29 is 25.2 Å². The highest BCUT2D eigenvalue weighted by atomic mass is 16.6. The van der Waals surface area contributed by atoms with Crippen LogP contribution in [-0.4, -0.2) is 64.7 Å². The van der Waals surface area contributed by atoms with E-state index in [1.807, 2.05) is 0 Å². The quantitative estimate of drug-likeness (QED) is 0.320. The number of aliphatic hydroxyl groups is 4. The van der Waals surface area contributed by atoms with E-state index >= 15 is 0 Å². The van der Waals surface area contributed by atoms with Crippen LogP contribution >= 0.6 is 0 Å². The Labute approximate surface area is 75.8 Å². The fourth-order valence-electron chi connectivity index (χ4n) is 1.41. The third kappa shape index (κ3) is 1.98. The summed E-state index contributed by atoms with van der Waals surface area (Å²) in [6, 6.07) is -0.738. The minimum Gasteiger partial charge on any atom is -0.394 e. The zero-order valence-corrected chi connectivity index (χ0v) is 7.29. The molecule has 0 saturated carbocycles. The minimum atomic E-state index is -1.22. The first-order chi connectivity index (χ1) is 6.11. The maximum Gasteiger partial charge on any atom is 0.173 e. The van der Waals surface area contributed by atoms with Crippen molar-refractivity contribution >= 4 is 0 Å². The average Bonchev–Trinajstić information content (AvgIpc) is 2.12. The van der Waals surface area contributed by atoms with Crippen LogP contribution in [-0.2, 0) is 4.74 Å². The van der Waals surface area contributed by atoms with Crippen molar-refractivity contribution in [3.05, 3.63) is 0 Å². The number of aliphatic hydroxyl groups excluding tert-OH is 4. The van der Waals surface area contributed by atoms with Crippen molar-refractivity contribution in [1.82, 2.24) is 5.32 Å². The van der Waals surface area contributed by atoms with Crippen LogP contribution in [0.4, 0.5) is 0 Å². The minimum absolute atomic E-state index is 0.439. The smallest absolute Gasteiger partial charge is 0.173 e. The summed E-state index contributed by atoms with van der Waals surface area (Å²) < 4.78 is 4.85. The van der Waals surface area contributed by atoms with Crippen LogP contribution in [0.1, 0.15) is 0 Å². The molecule has 78 valence electrons. The first-order valence-corrected chi connectivity index (χ1v) is 4.09. The molecule has 6 nitrogen and oxygen atoms in total. The predicted molar refractivity (Wildman–Crippen MR) is 42.8 cm³/mol. The predicted octanol–water partition coefficient (Wildman–Crippen LogP) is -2.99. The SMILES string of the molecule is CN[C@@H]1[C@@H](O)[C@H](O)[C@@H](CO)O[C@@H]1O. The van der Waals surface area contributed by atoms with Crippen molar-refractivity contribution in [2.24, 2.45) is 0 Å². The molecule has 0 aliphatic carbocycles. The van der Waals surface area contributed by atoms with Crippen LogP contribution in [0.5, 0.6) is 0 Å². The highest BCUT2D eigenvalue weighted by Crippen LogP contribution is 2.18. The van der Waals surface area contributed by atoms with E-state index < -0.39 is 37.3 Å². The molecule has 13 heavy (non-hydrogen) atoms. The van der Waals surface area contributed by atoms with Crippen molar-refractivity contribution in [3.63, 3.8) is 0 Å². The maximum absolute atomic E-state index is 9.45. The molecule has 5 N–H and O–H groups in total. The second-order valence-electron chi connectivity index (χ2n) is 3.04. The molecule has 1 fully saturated rings. The molecule has 0 aromatic heterocycles. The Bertz CT molecular complexity index is 167. The summed E-state index contributed by atoms with van der Waals surface area (Å²) in [7, 11) is 1.53. The summed E-state index contributed by atoms with van der Waals surface area (Å²) in [6.45, 7) is -0.439. The molecule has 1 aliphatic heterocycles. The first-order valence-electron chi connectivity index (χ1n) is 4.09. The van der Waals surface area contributed by atoms with Gasteiger partial charge in [-0.1, -0.05) is 0 Å². The monoisotopic (exact) mass is 193 g/mol. The lowest BCUT2D eigenvalue weighted by atomic mass is 9.97. The van der Waals surface area contributed by atoms with E-state index in [0.717, 1.165) is 0 Å². The number of nitrogens with one attached hydrogen (secondary N) is 1. The Morgan fingerprint density at radius 1 is 1.23 bits per heavy atom. The van der Waals surface area contributed by atoms with Gasteiger partial charge in [0.25, 0.3) is 0 Å². The lowest BCUT2D eigenvalue weighted by Gasteiger charge is -2.39. The van der Waals surface area contributed by atoms with Gasteiger partial charge in [0.05, 0.1) is 12.6 Å². The second kappa shape index (κ2) is 4.32. The standard InChI is InChI=1S/C7H15NO5/c1-8-4-6(11)5(10)3(2-9)13-7(4)12/h3-12H,2H2,1H3/t3-,4-,5-,6-,7+/m1/s1. The number of hydrogen-bond acceptors (Lipinski definition) is 6. The molecule has 1 rings (SSSR count). The number of likely N-dealkylation sites (N-methyl/N-ethyl adjacent to an activating group) is 1. The first kappa shape index (κ1) is 10.8. The van der Waals surface area contributed by atoms with Gasteiger partial charge >= 0.3 is 0 Å². The lowest BCUT2D eigenvalue weighted by Crippen LogP contribution is -2.62. The van der Waals surface area contributed by atoms with Gasteiger partial charge in [-0.15, -0.1) is 0 Å². The summed E-state index contributed by atoms with van der Waals surface area (Å²) >= 11 is 0. The zero-order chi connectivity index (χ0) is 10.0. The molecule has 0 amide bonds. The van der Waals surface area contributed by atoms with Gasteiger partial charge in [-0.25, -0.2) is 0 Å². The lowest BCUT2D eigenvalue weighted by molar-refractivity contribution is -0.253. The molecule has 0 aromatic carbocycles. The molecule has 1 saturated heterocycles. The van der Waals surface area contributed by atoms with Crippen LogP contribution in [0.25, 0.3) is 0 Å². The topological polar surface area (TPSA) is 102 Å². The fourth-order valence-corrected chi connectivity index (χ4v) is 1.41. The Morgan fingerprint density at radius 3 is 2.31 bits per heavy atom. The van der Waals surface area contributed by atoms with E-state index in [1.165, 1.54) is 7.05 Å². The Kier molecular flexibility index (Phi) is 3.60. The van der Waals surface area contributed by atoms with E-state index in [-0.39, 0.29) is 0 Å². The molecular formula is C7H15NO5. The van der Waals surface area contributed by atoms with E-state index in [4.69, 9.17) is 9.84 Å². The van der Waals surface area contributed by atoms with Gasteiger partial charge in [0.15, 0.2) is 6.29 Å². The van der Waals surface area contributed by atoms with E-state index in [2.05, 4.69) is 5.32 Å². The molecule has 0 aromatic rings. The molecule has 6 heteroatoms. The van der Waals surface area contributed by atoms with Crippen LogP contribution in [0.15, 0.2) is 0 Å². The molecule has 1 aliphatic rings. The molecule has 0 bridgehead atoms. The average molecular weight is 193 g/mol. The summed E-state index contributed by atoms with van der Waals surface area (Å²) in [5.41, 5.74) is 0. The van der Waals surface area contributed by atoms with Crippen molar-refractivity contribution in [3.8, 4) is 0 Å². The Balaban J connectivity index is 2.66. The molecular weight excluding hydrogens is 178 g/mol. The molecule has 0 radical (unpaired) electrons. The summed E-state index contributed by atoms with van der Waals surface area (Å²) in [6.07, 6.45) is -4.49. The molecule has 5 atom stereocenters. The van der Waals surface area contributed by atoms with E-state index in [0.29, 0.717) is 0 Å². The fraction of sp³-hybridized carbons (Fsp3) is 1.00. The summed E-state index contributed by atoms with van der Waals surface area (Å²) in [5.74, 6) is 0. The summed E-state index contributed by atoms with van der Waals surface area (Å²) in [5, 5.41) is 39.4. The summed E-state index contributed by atoms with van der Waals surface area (Å²) in [4.78, 5) is 0. The van der Waals surface area contributed by atoms with Crippen LogP contribution in [0.3, 0.4) is 0 Å². The van der Waals surface area contributed by atoms with Crippen LogP contribution < -0.4 is 5.32 Å². The normalized spacial score (nSPS) is 46.4. The van der Waals surface area contributed by atoms with Gasteiger partial charge in [-0.2, -0.15) is 0 Å². The third-order valence-corrected chi connectivity index (χ3v) is 2.23. The molecule has 0 unspecified atom stereocenters. The number of rotatable bonds is 2. The highest BCUT2D eigenvalue weighted by molar-refractivity contribution is 4.91. The van der Waals surface area contributed by atoms with Gasteiger partial charge in [-0.3, -0.25) is 0 Å². The zero-order valence-electron chi connectivity index (χ0n) is 7.29. The largest absolute Gasteiger partial charge is 0.394 e. The van der Waals surface area contributed by atoms with Crippen LogP contribution in [0.2, 0.25) is 0 Å². The van der Waals surface area contributed by atoms with Gasteiger partial charge < -0.3 is 30.5 Å². The van der Waals surface area contributed by atoms with Gasteiger partial charge in [0.2, 0.25) is 0 Å². The van der Waals surface area contributed by atoms with Gasteiger partial charge in [0, 0.05) is 0 Å². The van der Waals surface area contributed by atoms with E-state index in [9.17, 15) is 15.3 Å².